The van der Waals surface area contributed by atoms with Crippen molar-refractivity contribution in [2.75, 3.05) is 12.4 Å². The van der Waals surface area contributed by atoms with Crippen LogP contribution in [0.15, 0.2) is 36.4 Å². The van der Waals surface area contributed by atoms with E-state index < -0.39 is 5.97 Å². The van der Waals surface area contributed by atoms with Crippen LogP contribution in [0.2, 0.25) is 0 Å². The topological polar surface area (TPSA) is 72.0 Å². The van der Waals surface area contributed by atoms with Gasteiger partial charge in [-0.1, -0.05) is 30.3 Å². The number of nitrogens with one attached hydrogen (secondary N) is 1. The summed E-state index contributed by atoms with van der Waals surface area (Å²) in [5, 5.41) is 5.77. The number of quaternary nitrogens is 1. The maximum atomic E-state index is 12.6. The molecular formula is C22H27N2O3S+. The summed E-state index contributed by atoms with van der Waals surface area (Å²) in [5.41, 5.74) is 2.17. The molecule has 1 aromatic heterocycles. The average Bonchev–Trinajstić information content (AvgIpc) is 2.97. The summed E-state index contributed by atoms with van der Waals surface area (Å²) in [6.45, 7) is 8.62. The summed E-state index contributed by atoms with van der Waals surface area (Å²) < 4.78 is 5.04. The molecule has 0 unspecified atom stereocenters. The number of nitrogens with two attached hydrogens (primary N) is 1. The first-order chi connectivity index (χ1) is 13.1. The molecule has 1 aliphatic heterocycles. The SMILES string of the molecule is COC(=O)c1c(NC(=O)/C=C/c2ccccc2)sc2c1CC(C)(C)[NH2+]C2(C)C. The number of anilines is 1. The molecule has 0 aliphatic carbocycles. The van der Waals surface area contributed by atoms with Crippen molar-refractivity contribution >= 4 is 34.3 Å². The predicted molar refractivity (Wildman–Crippen MR) is 112 cm³/mol. The number of methoxy groups -OCH3 is 1. The summed E-state index contributed by atoms with van der Waals surface area (Å²) in [7, 11) is 1.37. The van der Waals surface area contributed by atoms with Crippen LogP contribution in [0.3, 0.4) is 0 Å². The summed E-state index contributed by atoms with van der Waals surface area (Å²) >= 11 is 1.47. The Morgan fingerprint density at radius 1 is 1.18 bits per heavy atom. The van der Waals surface area contributed by atoms with E-state index in [1.165, 1.54) is 24.5 Å². The van der Waals surface area contributed by atoms with E-state index in [4.69, 9.17) is 4.74 Å². The first kappa shape index (κ1) is 20.3. The summed E-state index contributed by atoms with van der Waals surface area (Å²) in [6.07, 6.45) is 3.97. The summed E-state index contributed by atoms with van der Waals surface area (Å²) in [4.78, 5) is 26.2. The van der Waals surface area contributed by atoms with Crippen LogP contribution in [0, 0.1) is 0 Å². The fraction of sp³-hybridized carbons (Fsp3) is 0.364. The van der Waals surface area contributed by atoms with Crippen molar-refractivity contribution in [3.63, 3.8) is 0 Å². The zero-order chi connectivity index (χ0) is 20.5. The fourth-order valence-electron chi connectivity index (χ4n) is 4.00. The van der Waals surface area contributed by atoms with Crippen LogP contribution in [0.25, 0.3) is 6.08 Å². The molecular weight excluding hydrogens is 372 g/mol. The molecule has 0 fully saturated rings. The zero-order valence-electron chi connectivity index (χ0n) is 17.0. The van der Waals surface area contributed by atoms with Gasteiger partial charge in [0.2, 0.25) is 5.91 Å². The van der Waals surface area contributed by atoms with Crippen molar-refractivity contribution in [1.29, 1.82) is 0 Å². The Bertz CT molecular complexity index is 927. The molecule has 28 heavy (non-hydrogen) atoms. The number of amides is 1. The lowest BCUT2D eigenvalue weighted by molar-refractivity contribution is -0.789. The van der Waals surface area contributed by atoms with Gasteiger partial charge in [0.15, 0.2) is 0 Å². The lowest BCUT2D eigenvalue weighted by Crippen LogP contribution is -3.03. The number of thiophene rings is 1. The average molecular weight is 400 g/mol. The van der Waals surface area contributed by atoms with Gasteiger partial charge in [0.1, 0.15) is 10.5 Å². The molecule has 0 saturated carbocycles. The van der Waals surface area contributed by atoms with Crippen molar-refractivity contribution < 1.29 is 19.6 Å². The number of benzene rings is 1. The van der Waals surface area contributed by atoms with Crippen molar-refractivity contribution in [2.24, 2.45) is 0 Å². The Morgan fingerprint density at radius 2 is 1.86 bits per heavy atom. The van der Waals surface area contributed by atoms with Crippen molar-refractivity contribution in [3.05, 3.63) is 58.0 Å². The Hall–Kier alpha value is -2.44. The minimum absolute atomic E-state index is 0.0468. The third kappa shape index (κ3) is 4.18. The third-order valence-corrected chi connectivity index (χ3v) is 6.32. The van der Waals surface area contributed by atoms with Crippen LogP contribution in [-0.2, 0) is 21.5 Å². The zero-order valence-corrected chi connectivity index (χ0v) is 17.8. The normalized spacial score (nSPS) is 17.2. The molecule has 0 radical (unpaired) electrons. The Morgan fingerprint density at radius 3 is 2.50 bits per heavy atom. The molecule has 3 N–H and O–H groups in total. The molecule has 0 spiro atoms. The lowest BCUT2D eigenvalue weighted by Gasteiger charge is -2.38. The highest BCUT2D eigenvalue weighted by atomic mass is 32.1. The van der Waals surface area contributed by atoms with Gasteiger partial charge in [0, 0.05) is 12.5 Å². The number of hydrogen-bond donors (Lipinski definition) is 2. The Kier molecular flexibility index (Phi) is 5.46. The maximum Gasteiger partial charge on any atom is 0.341 e. The van der Waals surface area contributed by atoms with Crippen LogP contribution in [0.5, 0.6) is 0 Å². The van der Waals surface area contributed by atoms with Gasteiger partial charge < -0.3 is 15.4 Å². The molecule has 1 amide bonds. The molecule has 3 rings (SSSR count). The molecule has 0 atom stereocenters. The molecule has 6 heteroatoms. The van der Waals surface area contributed by atoms with E-state index in [0.29, 0.717) is 10.6 Å². The minimum Gasteiger partial charge on any atom is -0.465 e. The summed E-state index contributed by atoms with van der Waals surface area (Å²) in [6, 6.07) is 9.61. The van der Waals surface area contributed by atoms with Crippen molar-refractivity contribution in [1.82, 2.24) is 0 Å². The molecule has 0 saturated heterocycles. The van der Waals surface area contributed by atoms with E-state index in [1.807, 2.05) is 30.3 Å². The van der Waals surface area contributed by atoms with Gasteiger partial charge in [0.25, 0.3) is 0 Å². The molecule has 1 aromatic carbocycles. The first-order valence-corrected chi connectivity index (χ1v) is 10.1. The van der Waals surface area contributed by atoms with Crippen LogP contribution in [0.4, 0.5) is 5.00 Å². The molecule has 2 heterocycles. The fourth-order valence-corrected chi connectivity index (χ4v) is 5.28. The molecule has 5 nitrogen and oxygen atoms in total. The monoisotopic (exact) mass is 399 g/mol. The highest BCUT2D eigenvalue weighted by Crippen LogP contribution is 2.42. The highest BCUT2D eigenvalue weighted by Gasteiger charge is 2.45. The summed E-state index contributed by atoms with van der Waals surface area (Å²) in [5.74, 6) is -0.679. The lowest BCUT2D eigenvalue weighted by atomic mass is 9.81. The molecule has 0 bridgehead atoms. The second-order valence-corrected chi connectivity index (χ2v) is 9.39. The third-order valence-electron chi connectivity index (χ3n) is 4.83. The highest BCUT2D eigenvalue weighted by molar-refractivity contribution is 7.17. The number of rotatable bonds is 4. The van der Waals surface area contributed by atoms with E-state index in [2.05, 4.69) is 38.3 Å². The van der Waals surface area contributed by atoms with Crippen LogP contribution < -0.4 is 10.6 Å². The maximum absolute atomic E-state index is 12.6. The van der Waals surface area contributed by atoms with Gasteiger partial charge in [-0.3, -0.25) is 4.79 Å². The number of carbonyl (C=O) groups is 2. The molecule has 148 valence electrons. The van der Waals surface area contributed by atoms with Gasteiger partial charge in [-0.05, 0) is 44.9 Å². The van der Waals surface area contributed by atoms with Gasteiger partial charge in [0.05, 0.1) is 23.1 Å². The standard InChI is InChI=1S/C22H26N2O3S/c1-21(2)13-15-17(20(26)27-5)19(28-18(15)22(3,4)24-21)23-16(25)12-11-14-9-7-6-8-10-14/h6-12,24H,13H2,1-5H3,(H,23,25)/p+1/b12-11+. The van der Waals surface area contributed by atoms with Gasteiger partial charge in [-0.2, -0.15) is 0 Å². The predicted octanol–water partition coefficient (Wildman–Crippen LogP) is 3.32. The molecule has 2 aromatic rings. The molecule has 1 aliphatic rings. The number of hydrogen-bond acceptors (Lipinski definition) is 4. The van der Waals surface area contributed by atoms with E-state index in [9.17, 15) is 9.59 Å². The van der Waals surface area contributed by atoms with Gasteiger partial charge in [-0.15, -0.1) is 11.3 Å². The van der Waals surface area contributed by atoms with Gasteiger partial charge in [-0.25, -0.2) is 4.79 Å². The van der Waals surface area contributed by atoms with Crippen LogP contribution >= 0.6 is 11.3 Å². The number of fused-ring (bicyclic) bond motifs is 1. The van der Waals surface area contributed by atoms with Crippen molar-refractivity contribution in [2.45, 2.75) is 45.2 Å². The van der Waals surface area contributed by atoms with Crippen LogP contribution in [0.1, 0.15) is 54.1 Å². The van der Waals surface area contributed by atoms with E-state index in [1.54, 1.807) is 6.08 Å². The number of esters is 1. The van der Waals surface area contributed by atoms with Gasteiger partial charge >= 0.3 is 5.97 Å². The second-order valence-electron chi connectivity index (χ2n) is 8.37. The quantitative estimate of drug-likeness (QED) is 0.612. The van der Waals surface area contributed by atoms with E-state index >= 15 is 0 Å². The Balaban J connectivity index is 1.95. The van der Waals surface area contributed by atoms with Crippen LogP contribution in [-0.4, -0.2) is 24.5 Å². The number of carbonyl (C=O) groups excluding carboxylic acids is 2. The minimum atomic E-state index is -0.409. The Labute approximate surface area is 169 Å². The van der Waals surface area contributed by atoms with E-state index in [-0.39, 0.29) is 17.0 Å². The largest absolute Gasteiger partial charge is 0.465 e. The second kappa shape index (κ2) is 7.53. The number of ether oxygens (including phenoxy) is 1. The smallest absolute Gasteiger partial charge is 0.341 e. The van der Waals surface area contributed by atoms with E-state index in [0.717, 1.165) is 22.4 Å². The van der Waals surface area contributed by atoms with Crippen molar-refractivity contribution in [3.8, 4) is 0 Å². The first-order valence-electron chi connectivity index (χ1n) is 9.28.